The number of rotatable bonds is 4. The van der Waals surface area contributed by atoms with Gasteiger partial charge in [0.2, 0.25) is 0 Å². The first-order chi connectivity index (χ1) is 8.41. The van der Waals surface area contributed by atoms with Gasteiger partial charge < -0.3 is 15.3 Å². The molecule has 2 N–H and O–H groups in total. The van der Waals surface area contributed by atoms with E-state index < -0.39 is 16.8 Å². The number of hydrogen-bond donors (Lipinski definition) is 2. The minimum Gasteiger partial charge on any atom is -0.481 e. The Morgan fingerprint density at radius 3 is 2.67 bits per heavy atom. The number of nitrogens with zero attached hydrogens (tertiary/aromatic N) is 1. The fourth-order valence-corrected chi connectivity index (χ4v) is 2.50. The summed E-state index contributed by atoms with van der Waals surface area (Å²) in [5, 5.41) is 11.7. The maximum Gasteiger partial charge on any atom is 0.317 e. The molecule has 0 aromatic carbocycles. The summed E-state index contributed by atoms with van der Waals surface area (Å²) in [6.07, 6.45) is 2.08. The number of urea groups is 1. The largest absolute Gasteiger partial charge is 0.481 e. The van der Waals surface area contributed by atoms with Gasteiger partial charge in [-0.1, -0.05) is 6.92 Å². The van der Waals surface area contributed by atoms with Gasteiger partial charge >= 0.3 is 12.0 Å². The van der Waals surface area contributed by atoms with Crippen LogP contribution in [0, 0.1) is 11.8 Å². The van der Waals surface area contributed by atoms with Crippen molar-refractivity contribution in [3.63, 3.8) is 0 Å². The third-order valence-corrected chi connectivity index (χ3v) is 3.95. The van der Waals surface area contributed by atoms with Gasteiger partial charge in [-0.15, -0.1) is 0 Å². The van der Waals surface area contributed by atoms with Crippen LogP contribution in [0.1, 0.15) is 13.3 Å². The molecule has 18 heavy (non-hydrogen) atoms. The maximum absolute atomic E-state index is 11.8. The molecule has 1 saturated heterocycles. The quantitative estimate of drug-likeness (QED) is 0.763. The molecule has 0 saturated carbocycles. The lowest BCUT2D eigenvalue weighted by atomic mass is 9.87. The molecule has 0 aromatic heterocycles. The summed E-state index contributed by atoms with van der Waals surface area (Å²) in [5.74, 6) is -0.754. The predicted molar refractivity (Wildman–Crippen MR) is 68.8 cm³/mol. The lowest BCUT2D eigenvalue weighted by molar-refractivity contribution is -0.145. The molecule has 1 heterocycles. The summed E-state index contributed by atoms with van der Waals surface area (Å²) < 4.78 is 10.9. The zero-order chi connectivity index (χ0) is 13.7. The Morgan fingerprint density at radius 2 is 2.17 bits per heavy atom. The van der Waals surface area contributed by atoms with Gasteiger partial charge in [0, 0.05) is 42.4 Å². The Morgan fingerprint density at radius 1 is 1.50 bits per heavy atom. The first-order valence-electron chi connectivity index (χ1n) is 5.97. The van der Waals surface area contributed by atoms with E-state index in [0.29, 0.717) is 31.8 Å². The highest BCUT2D eigenvalue weighted by molar-refractivity contribution is 7.84. The highest BCUT2D eigenvalue weighted by atomic mass is 32.2. The number of carbonyl (C=O) groups is 2. The van der Waals surface area contributed by atoms with Gasteiger partial charge in [-0.25, -0.2) is 4.79 Å². The highest BCUT2D eigenvalue weighted by Crippen LogP contribution is 2.23. The second-order valence-electron chi connectivity index (χ2n) is 4.67. The van der Waals surface area contributed by atoms with Crippen LogP contribution >= 0.6 is 0 Å². The summed E-state index contributed by atoms with van der Waals surface area (Å²) >= 11 is 0. The molecule has 1 aliphatic heterocycles. The van der Waals surface area contributed by atoms with Crippen LogP contribution in [-0.2, 0) is 15.6 Å². The summed E-state index contributed by atoms with van der Waals surface area (Å²) in [5.41, 5.74) is 0. The lowest BCUT2D eigenvalue weighted by Crippen LogP contribution is -2.49. The summed E-state index contributed by atoms with van der Waals surface area (Å²) in [4.78, 5) is 24.3. The predicted octanol–water partition coefficient (Wildman–Crippen LogP) is 0.117. The van der Waals surface area contributed by atoms with Crippen LogP contribution in [0.5, 0.6) is 0 Å². The zero-order valence-corrected chi connectivity index (χ0v) is 11.5. The number of piperidine rings is 1. The molecule has 6 nitrogen and oxygen atoms in total. The van der Waals surface area contributed by atoms with Crippen molar-refractivity contribution in [2.45, 2.75) is 13.3 Å². The van der Waals surface area contributed by atoms with E-state index in [1.807, 2.05) is 6.92 Å². The van der Waals surface area contributed by atoms with Gasteiger partial charge in [-0.05, 0) is 12.3 Å². The SMILES string of the molecule is CC1CN(C(=O)NCCS(C)=O)CCC1C(=O)O. The molecule has 0 spiro atoms. The summed E-state index contributed by atoms with van der Waals surface area (Å²) in [6, 6.07) is -0.198. The van der Waals surface area contributed by atoms with Crippen LogP contribution in [0.15, 0.2) is 0 Å². The van der Waals surface area contributed by atoms with Crippen LogP contribution in [0.3, 0.4) is 0 Å². The number of nitrogens with one attached hydrogen (secondary N) is 1. The van der Waals surface area contributed by atoms with Crippen LogP contribution in [0.25, 0.3) is 0 Å². The molecule has 0 aliphatic carbocycles. The first kappa shape index (κ1) is 14.9. The molecule has 3 unspecified atom stereocenters. The molecule has 1 aliphatic rings. The normalized spacial score (nSPS) is 25.6. The van der Waals surface area contributed by atoms with Crippen molar-refractivity contribution < 1.29 is 18.9 Å². The van der Waals surface area contributed by atoms with Crippen LogP contribution in [0.2, 0.25) is 0 Å². The van der Waals surface area contributed by atoms with E-state index in [4.69, 9.17) is 5.11 Å². The number of carboxylic acids is 1. The second kappa shape index (κ2) is 6.72. The third kappa shape index (κ3) is 4.29. The molecule has 0 aromatic rings. The number of amides is 2. The number of aliphatic carboxylic acids is 1. The molecule has 7 heteroatoms. The lowest BCUT2D eigenvalue weighted by Gasteiger charge is -2.34. The van der Waals surface area contributed by atoms with Gasteiger partial charge in [0.15, 0.2) is 0 Å². The van der Waals surface area contributed by atoms with Crippen molar-refractivity contribution >= 4 is 22.8 Å². The number of likely N-dealkylation sites (tertiary alicyclic amines) is 1. The highest BCUT2D eigenvalue weighted by Gasteiger charge is 2.32. The van der Waals surface area contributed by atoms with Crippen molar-refractivity contribution in [3.05, 3.63) is 0 Å². The Hall–Kier alpha value is -1.11. The third-order valence-electron chi connectivity index (χ3n) is 3.18. The fraction of sp³-hybridized carbons (Fsp3) is 0.818. The molecule has 1 fully saturated rings. The van der Waals surface area contributed by atoms with E-state index in [0.717, 1.165) is 0 Å². The van der Waals surface area contributed by atoms with Crippen LogP contribution in [-0.4, -0.2) is 57.9 Å². The number of carboxylic acid groups (broad SMARTS) is 1. The number of carbonyl (C=O) groups excluding carboxylic acids is 1. The van der Waals surface area contributed by atoms with Crippen LogP contribution < -0.4 is 5.32 Å². The minimum absolute atomic E-state index is 0.0395. The Bertz CT molecular complexity index is 348. The minimum atomic E-state index is -0.917. The van der Waals surface area contributed by atoms with Crippen LogP contribution in [0.4, 0.5) is 4.79 Å². The van der Waals surface area contributed by atoms with Gasteiger partial charge in [0.1, 0.15) is 0 Å². The van der Waals surface area contributed by atoms with Crippen molar-refractivity contribution in [3.8, 4) is 0 Å². The molecule has 0 bridgehead atoms. The van der Waals surface area contributed by atoms with E-state index in [1.165, 1.54) is 0 Å². The summed E-state index contributed by atoms with van der Waals surface area (Å²) in [7, 11) is -0.917. The maximum atomic E-state index is 11.8. The van der Waals surface area contributed by atoms with Gasteiger partial charge in [0.05, 0.1) is 5.92 Å². The Balaban J connectivity index is 2.38. The fourth-order valence-electron chi connectivity index (χ4n) is 2.11. The Labute approximate surface area is 109 Å². The molecule has 1 rings (SSSR count). The zero-order valence-electron chi connectivity index (χ0n) is 10.7. The van der Waals surface area contributed by atoms with Crippen molar-refractivity contribution in [1.29, 1.82) is 0 Å². The molecular formula is C11H20N2O4S. The molecular weight excluding hydrogens is 256 g/mol. The van der Waals surface area contributed by atoms with Gasteiger partial charge in [0.25, 0.3) is 0 Å². The Kier molecular flexibility index (Phi) is 5.58. The first-order valence-corrected chi connectivity index (χ1v) is 7.70. The smallest absolute Gasteiger partial charge is 0.317 e. The molecule has 2 amide bonds. The standard InChI is InChI=1S/C11H20N2O4S/c1-8-7-13(5-3-9(8)10(14)15)11(16)12-4-6-18(2)17/h8-9H,3-7H2,1-2H3,(H,12,16)(H,14,15). The van der Waals surface area contributed by atoms with E-state index in [-0.39, 0.29) is 17.9 Å². The van der Waals surface area contributed by atoms with E-state index >= 15 is 0 Å². The van der Waals surface area contributed by atoms with Gasteiger partial charge in [-0.2, -0.15) is 0 Å². The van der Waals surface area contributed by atoms with Crippen molar-refractivity contribution in [2.75, 3.05) is 31.6 Å². The monoisotopic (exact) mass is 276 g/mol. The molecule has 104 valence electrons. The van der Waals surface area contributed by atoms with Crippen molar-refractivity contribution in [1.82, 2.24) is 10.2 Å². The van der Waals surface area contributed by atoms with E-state index in [2.05, 4.69) is 5.32 Å². The molecule has 0 radical (unpaired) electrons. The molecule has 3 atom stereocenters. The second-order valence-corrected chi connectivity index (χ2v) is 6.22. The van der Waals surface area contributed by atoms with Gasteiger partial charge in [-0.3, -0.25) is 9.00 Å². The average molecular weight is 276 g/mol. The number of hydrogen-bond acceptors (Lipinski definition) is 3. The summed E-state index contributed by atoms with van der Waals surface area (Å²) in [6.45, 7) is 3.15. The van der Waals surface area contributed by atoms with E-state index in [1.54, 1.807) is 11.2 Å². The average Bonchev–Trinajstić information content (AvgIpc) is 2.27. The van der Waals surface area contributed by atoms with E-state index in [9.17, 15) is 13.8 Å². The van der Waals surface area contributed by atoms with Crippen molar-refractivity contribution in [2.24, 2.45) is 11.8 Å². The topological polar surface area (TPSA) is 86.7 Å².